The molecule has 0 spiro atoms. The van der Waals surface area contributed by atoms with Crippen molar-refractivity contribution in [1.82, 2.24) is 14.8 Å². The fourth-order valence-corrected chi connectivity index (χ4v) is 1.96. The van der Waals surface area contributed by atoms with Gasteiger partial charge in [0.2, 0.25) is 5.88 Å². The molecule has 0 saturated carbocycles. The number of nitro groups is 1. The van der Waals surface area contributed by atoms with Crippen LogP contribution in [-0.4, -0.2) is 40.5 Å². The third kappa shape index (κ3) is 3.01. The van der Waals surface area contributed by atoms with Gasteiger partial charge in [-0.2, -0.15) is 4.39 Å². The van der Waals surface area contributed by atoms with Crippen LogP contribution in [0.5, 0.6) is 5.88 Å². The Kier molecular flexibility index (Phi) is 4.61. The van der Waals surface area contributed by atoms with Crippen molar-refractivity contribution >= 4 is 5.69 Å². The first-order valence-corrected chi connectivity index (χ1v) is 6.05. The first-order chi connectivity index (χ1) is 10.5. The molecule has 0 aromatic carbocycles. The summed E-state index contributed by atoms with van der Waals surface area (Å²) in [5.41, 5.74) is -0.564. The summed E-state index contributed by atoms with van der Waals surface area (Å²) >= 11 is 0. The SMILES string of the molecule is COCC(c1cc(F)cnc1OC)n1cc([N+](=O)[O-])c(F)n1. The van der Waals surface area contributed by atoms with E-state index in [9.17, 15) is 18.9 Å². The van der Waals surface area contributed by atoms with Gasteiger partial charge in [0.15, 0.2) is 0 Å². The highest BCUT2D eigenvalue weighted by atomic mass is 19.1. The van der Waals surface area contributed by atoms with Crippen LogP contribution >= 0.6 is 0 Å². The van der Waals surface area contributed by atoms with E-state index in [1.165, 1.54) is 14.2 Å². The lowest BCUT2D eigenvalue weighted by molar-refractivity contribution is -0.387. The molecule has 0 aliphatic carbocycles. The highest BCUT2D eigenvalue weighted by Crippen LogP contribution is 2.28. The molecule has 0 radical (unpaired) electrons. The summed E-state index contributed by atoms with van der Waals surface area (Å²) in [7, 11) is 2.71. The van der Waals surface area contributed by atoms with Crippen molar-refractivity contribution in [2.75, 3.05) is 20.8 Å². The molecule has 2 aromatic heterocycles. The number of hydrogen-bond acceptors (Lipinski definition) is 6. The predicted molar refractivity (Wildman–Crippen MR) is 69.6 cm³/mol. The van der Waals surface area contributed by atoms with E-state index in [4.69, 9.17) is 9.47 Å². The van der Waals surface area contributed by atoms with Crippen molar-refractivity contribution in [3.63, 3.8) is 0 Å². The molecule has 0 bridgehead atoms. The van der Waals surface area contributed by atoms with Gasteiger partial charge in [-0.15, -0.1) is 5.10 Å². The minimum absolute atomic E-state index is 0.0419. The van der Waals surface area contributed by atoms with Crippen LogP contribution in [0.2, 0.25) is 0 Å². The minimum Gasteiger partial charge on any atom is -0.481 e. The van der Waals surface area contributed by atoms with Gasteiger partial charge in [-0.25, -0.2) is 9.37 Å². The second kappa shape index (κ2) is 6.43. The Hall–Kier alpha value is -2.62. The van der Waals surface area contributed by atoms with Crippen molar-refractivity contribution in [3.8, 4) is 5.88 Å². The molecule has 8 nitrogen and oxygen atoms in total. The minimum atomic E-state index is -1.24. The summed E-state index contributed by atoms with van der Waals surface area (Å²) in [5.74, 6) is -1.80. The number of nitrogens with zero attached hydrogens (tertiary/aromatic N) is 4. The van der Waals surface area contributed by atoms with E-state index in [2.05, 4.69) is 10.1 Å². The van der Waals surface area contributed by atoms with E-state index < -0.39 is 28.4 Å². The third-order valence-electron chi connectivity index (χ3n) is 2.91. The third-order valence-corrected chi connectivity index (χ3v) is 2.91. The molecule has 118 valence electrons. The summed E-state index contributed by atoms with van der Waals surface area (Å²) in [5, 5.41) is 14.2. The van der Waals surface area contributed by atoms with E-state index in [1.807, 2.05) is 0 Å². The average molecular weight is 314 g/mol. The van der Waals surface area contributed by atoms with Crippen LogP contribution in [0.3, 0.4) is 0 Å². The Morgan fingerprint density at radius 1 is 1.45 bits per heavy atom. The Morgan fingerprint density at radius 3 is 2.73 bits per heavy atom. The molecule has 10 heteroatoms. The quantitative estimate of drug-likeness (QED) is 0.595. The molecule has 0 aliphatic rings. The summed E-state index contributed by atoms with van der Waals surface area (Å²) in [6.07, 6.45) is 1.86. The number of pyridine rings is 1. The van der Waals surface area contributed by atoms with E-state index in [-0.39, 0.29) is 18.1 Å². The first kappa shape index (κ1) is 15.8. The molecule has 2 rings (SSSR count). The van der Waals surface area contributed by atoms with Gasteiger partial charge in [-0.1, -0.05) is 0 Å². The monoisotopic (exact) mass is 314 g/mol. The topological polar surface area (TPSA) is 92.3 Å². The van der Waals surface area contributed by atoms with Crippen molar-refractivity contribution in [1.29, 1.82) is 0 Å². The molecular formula is C12H12F2N4O4. The van der Waals surface area contributed by atoms with Gasteiger partial charge in [-0.3, -0.25) is 14.8 Å². The highest BCUT2D eigenvalue weighted by molar-refractivity contribution is 5.32. The molecule has 0 aliphatic heterocycles. The van der Waals surface area contributed by atoms with Crippen LogP contribution in [0.15, 0.2) is 18.5 Å². The lowest BCUT2D eigenvalue weighted by atomic mass is 10.1. The number of rotatable bonds is 6. The standard InChI is InChI=1S/C12H12F2N4O4/c1-21-6-10(8-3-7(13)4-15-12(8)22-2)17-5-9(18(19)20)11(14)16-17/h3-5,10H,6H2,1-2H3. The summed E-state index contributed by atoms with van der Waals surface area (Å²) in [6, 6.07) is 0.285. The Balaban J connectivity index is 2.53. The molecule has 0 saturated heterocycles. The highest BCUT2D eigenvalue weighted by Gasteiger charge is 2.26. The van der Waals surface area contributed by atoms with Crippen LogP contribution in [0.4, 0.5) is 14.5 Å². The van der Waals surface area contributed by atoms with Gasteiger partial charge in [-0.05, 0) is 6.07 Å². The van der Waals surface area contributed by atoms with Crippen LogP contribution < -0.4 is 4.74 Å². The maximum absolute atomic E-state index is 13.5. The average Bonchev–Trinajstić information content (AvgIpc) is 2.86. The van der Waals surface area contributed by atoms with Crippen molar-refractivity contribution in [3.05, 3.63) is 45.9 Å². The second-order valence-corrected chi connectivity index (χ2v) is 4.27. The molecule has 22 heavy (non-hydrogen) atoms. The molecule has 1 unspecified atom stereocenters. The maximum atomic E-state index is 13.5. The molecule has 1 atom stereocenters. The Morgan fingerprint density at radius 2 is 2.18 bits per heavy atom. The zero-order chi connectivity index (χ0) is 16.3. The van der Waals surface area contributed by atoms with Crippen LogP contribution in [-0.2, 0) is 4.74 Å². The van der Waals surface area contributed by atoms with Gasteiger partial charge >= 0.3 is 11.6 Å². The largest absolute Gasteiger partial charge is 0.481 e. The Labute approximate surface area is 123 Å². The molecule has 2 aromatic rings. The first-order valence-electron chi connectivity index (χ1n) is 6.05. The van der Waals surface area contributed by atoms with Gasteiger partial charge < -0.3 is 9.47 Å². The van der Waals surface area contributed by atoms with Gasteiger partial charge in [0.1, 0.15) is 18.1 Å². The summed E-state index contributed by atoms with van der Waals surface area (Å²) < 4.78 is 38.0. The molecule has 2 heterocycles. The smallest absolute Gasteiger partial charge is 0.343 e. The van der Waals surface area contributed by atoms with Crippen LogP contribution in [0.1, 0.15) is 11.6 Å². The predicted octanol–water partition coefficient (Wildman–Crippen LogP) is 1.71. The van der Waals surface area contributed by atoms with Crippen molar-refractivity contribution < 1.29 is 23.2 Å². The molecular weight excluding hydrogens is 302 g/mol. The lowest BCUT2D eigenvalue weighted by Crippen LogP contribution is -2.18. The fraction of sp³-hybridized carbons (Fsp3) is 0.333. The fourth-order valence-electron chi connectivity index (χ4n) is 1.96. The number of halogens is 2. The number of ether oxygens (including phenoxy) is 2. The lowest BCUT2D eigenvalue weighted by Gasteiger charge is -2.18. The molecule has 0 amide bonds. The second-order valence-electron chi connectivity index (χ2n) is 4.27. The maximum Gasteiger partial charge on any atom is 0.343 e. The van der Waals surface area contributed by atoms with E-state index >= 15 is 0 Å². The molecule has 0 N–H and O–H groups in total. The van der Waals surface area contributed by atoms with E-state index in [1.54, 1.807) is 0 Å². The van der Waals surface area contributed by atoms with E-state index in [0.717, 1.165) is 23.1 Å². The number of hydrogen-bond donors (Lipinski definition) is 0. The molecule has 0 fully saturated rings. The number of methoxy groups -OCH3 is 2. The zero-order valence-electron chi connectivity index (χ0n) is 11.7. The van der Waals surface area contributed by atoms with Crippen LogP contribution in [0.25, 0.3) is 0 Å². The summed E-state index contributed by atoms with van der Waals surface area (Å²) in [6.45, 7) is -0.0419. The summed E-state index contributed by atoms with van der Waals surface area (Å²) in [4.78, 5) is 13.6. The van der Waals surface area contributed by atoms with E-state index in [0.29, 0.717) is 0 Å². The van der Waals surface area contributed by atoms with Crippen molar-refractivity contribution in [2.45, 2.75) is 6.04 Å². The van der Waals surface area contributed by atoms with Gasteiger partial charge in [0, 0.05) is 12.7 Å². The van der Waals surface area contributed by atoms with Crippen molar-refractivity contribution in [2.24, 2.45) is 0 Å². The zero-order valence-corrected chi connectivity index (χ0v) is 11.7. The Bertz CT molecular complexity index is 692. The number of aromatic nitrogens is 3. The van der Waals surface area contributed by atoms with Gasteiger partial charge in [0.25, 0.3) is 0 Å². The van der Waals surface area contributed by atoms with Gasteiger partial charge in [0.05, 0.1) is 24.8 Å². The normalized spacial score (nSPS) is 12.2. The van der Waals surface area contributed by atoms with Crippen LogP contribution in [0, 0.1) is 21.9 Å².